The molecule has 7 heteroatoms. The number of pyridine rings is 1. The molecule has 2 heterocycles. The van der Waals surface area contributed by atoms with Gasteiger partial charge in [0, 0.05) is 11.6 Å². The van der Waals surface area contributed by atoms with Gasteiger partial charge >= 0.3 is 0 Å². The molecule has 0 bridgehead atoms. The molecule has 3 N–H and O–H groups in total. The first-order chi connectivity index (χ1) is 13.1. The third-order valence-electron chi connectivity index (χ3n) is 5.24. The van der Waals surface area contributed by atoms with E-state index < -0.39 is 5.91 Å². The molecule has 0 radical (unpaired) electrons. The number of aliphatic hydroxyl groups excluding tert-OH is 2. The van der Waals surface area contributed by atoms with Gasteiger partial charge in [0.25, 0.3) is 5.91 Å². The van der Waals surface area contributed by atoms with Crippen LogP contribution in [-0.4, -0.2) is 32.4 Å². The van der Waals surface area contributed by atoms with Crippen LogP contribution in [0.3, 0.4) is 0 Å². The second kappa shape index (κ2) is 7.09. The Morgan fingerprint density at radius 2 is 2.15 bits per heavy atom. The average molecular weight is 367 g/mol. The topological polar surface area (TPSA) is 108 Å². The SMILES string of the molecule is Cc1onc(C(=O)N[C@H](c2cnc3ccccc3c2)C2CC(O)C2)c1CO. The monoisotopic (exact) mass is 367 g/mol. The number of benzene rings is 1. The summed E-state index contributed by atoms with van der Waals surface area (Å²) in [6.45, 7) is 1.34. The van der Waals surface area contributed by atoms with Crippen LogP contribution in [0, 0.1) is 12.8 Å². The minimum atomic E-state index is -0.407. The summed E-state index contributed by atoms with van der Waals surface area (Å²) in [6, 6.07) is 9.50. The number of hydrogen-bond donors (Lipinski definition) is 3. The molecule has 1 atom stereocenters. The van der Waals surface area contributed by atoms with Crippen molar-refractivity contribution in [2.45, 2.75) is 38.5 Å². The molecular weight excluding hydrogens is 346 g/mol. The number of rotatable bonds is 5. The van der Waals surface area contributed by atoms with E-state index in [1.54, 1.807) is 13.1 Å². The minimum Gasteiger partial charge on any atom is -0.393 e. The summed E-state index contributed by atoms with van der Waals surface area (Å²) in [5.41, 5.74) is 2.24. The van der Waals surface area contributed by atoms with Gasteiger partial charge in [-0.15, -0.1) is 0 Å². The van der Waals surface area contributed by atoms with Crippen molar-refractivity contribution in [3.63, 3.8) is 0 Å². The van der Waals surface area contributed by atoms with Crippen molar-refractivity contribution in [2.24, 2.45) is 5.92 Å². The summed E-state index contributed by atoms with van der Waals surface area (Å²) >= 11 is 0. The highest BCUT2D eigenvalue weighted by atomic mass is 16.5. The number of aliphatic hydroxyl groups is 2. The molecule has 1 aliphatic rings. The third-order valence-corrected chi connectivity index (χ3v) is 5.24. The van der Waals surface area contributed by atoms with Gasteiger partial charge in [-0.1, -0.05) is 23.4 Å². The lowest BCUT2D eigenvalue weighted by atomic mass is 9.75. The summed E-state index contributed by atoms with van der Waals surface area (Å²) in [7, 11) is 0. The van der Waals surface area contributed by atoms with E-state index in [-0.39, 0.29) is 30.4 Å². The number of aryl methyl sites for hydroxylation is 1. The van der Waals surface area contributed by atoms with Crippen LogP contribution in [0.25, 0.3) is 10.9 Å². The van der Waals surface area contributed by atoms with Gasteiger partial charge in [-0.05, 0) is 43.4 Å². The van der Waals surface area contributed by atoms with Gasteiger partial charge in [0.15, 0.2) is 5.69 Å². The molecule has 1 amide bonds. The first-order valence-corrected chi connectivity index (χ1v) is 8.96. The maximum Gasteiger partial charge on any atom is 0.274 e. The zero-order valence-electron chi connectivity index (χ0n) is 14.9. The third kappa shape index (κ3) is 3.31. The number of para-hydroxylation sites is 1. The smallest absolute Gasteiger partial charge is 0.274 e. The Bertz CT molecular complexity index is 978. The first kappa shape index (κ1) is 17.6. The molecule has 1 saturated carbocycles. The van der Waals surface area contributed by atoms with E-state index in [4.69, 9.17) is 4.52 Å². The quantitative estimate of drug-likeness (QED) is 0.638. The molecule has 1 fully saturated rings. The van der Waals surface area contributed by atoms with E-state index in [1.807, 2.05) is 30.3 Å². The zero-order chi connectivity index (χ0) is 19.0. The first-order valence-electron chi connectivity index (χ1n) is 8.96. The largest absolute Gasteiger partial charge is 0.393 e. The Morgan fingerprint density at radius 1 is 1.37 bits per heavy atom. The fourth-order valence-electron chi connectivity index (χ4n) is 3.60. The number of aromatic nitrogens is 2. The van der Waals surface area contributed by atoms with Crippen LogP contribution in [-0.2, 0) is 6.61 Å². The van der Waals surface area contributed by atoms with Gasteiger partial charge in [-0.2, -0.15) is 0 Å². The molecule has 2 aromatic heterocycles. The average Bonchev–Trinajstić information content (AvgIpc) is 3.04. The molecular formula is C20H21N3O4. The molecule has 0 aliphatic heterocycles. The van der Waals surface area contributed by atoms with Gasteiger partial charge in [0.05, 0.1) is 29.8 Å². The fourth-order valence-corrected chi connectivity index (χ4v) is 3.60. The molecule has 4 rings (SSSR count). The molecule has 7 nitrogen and oxygen atoms in total. The highest BCUT2D eigenvalue weighted by Gasteiger charge is 2.36. The molecule has 27 heavy (non-hydrogen) atoms. The normalized spacial score (nSPS) is 20.3. The molecule has 0 saturated heterocycles. The number of nitrogens with zero attached hydrogens (tertiary/aromatic N) is 2. The van der Waals surface area contributed by atoms with Gasteiger partial charge in [0.2, 0.25) is 0 Å². The Morgan fingerprint density at radius 3 is 2.89 bits per heavy atom. The number of carbonyl (C=O) groups is 1. The lowest BCUT2D eigenvalue weighted by Gasteiger charge is -2.38. The second-order valence-electron chi connectivity index (χ2n) is 7.02. The fraction of sp³-hybridized carbons (Fsp3) is 0.350. The summed E-state index contributed by atoms with van der Waals surface area (Å²) in [4.78, 5) is 17.3. The standard InChI is InChI=1S/C20H21N3O4/c1-11-16(10-24)19(23-27-11)20(26)22-18(13-7-15(25)8-13)14-6-12-4-2-3-5-17(12)21-9-14/h2-6,9,13,15,18,24-25H,7-8,10H2,1H3,(H,22,26)/t13?,15?,18-/m0/s1. The van der Waals surface area contributed by atoms with E-state index in [9.17, 15) is 15.0 Å². The van der Waals surface area contributed by atoms with Crippen molar-refractivity contribution in [3.8, 4) is 0 Å². The Labute approximate surface area is 156 Å². The minimum absolute atomic E-state index is 0.0913. The van der Waals surface area contributed by atoms with Gasteiger partial charge in [-0.3, -0.25) is 9.78 Å². The number of hydrogen-bond acceptors (Lipinski definition) is 6. The van der Waals surface area contributed by atoms with Crippen molar-refractivity contribution in [1.82, 2.24) is 15.5 Å². The second-order valence-corrected chi connectivity index (χ2v) is 7.02. The van der Waals surface area contributed by atoms with Crippen molar-refractivity contribution < 1.29 is 19.5 Å². The van der Waals surface area contributed by atoms with Crippen LogP contribution >= 0.6 is 0 Å². The number of fused-ring (bicyclic) bond motifs is 1. The van der Waals surface area contributed by atoms with Crippen LogP contribution in [0.15, 0.2) is 41.1 Å². The van der Waals surface area contributed by atoms with Crippen LogP contribution in [0.1, 0.15) is 46.3 Å². The summed E-state index contributed by atoms with van der Waals surface area (Å²) < 4.78 is 5.05. The maximum absolute atomic E-state index is 12.8. The molecule has 0 unspecified atom stereocenters. The zero-order valence-corrected chi connectivity index (χ0v) is 14.9. The highest BCUT2D eigenvalue weighted by molar-refractivity contribution is 5.94. The van der Waals surface area contributed by atoms with E-state index >= 15 is 0 Å². The van der Waals surface area contributed by atoms with Crippen molar-refractivity contribution in [1.29, 1.82) is 0 Å². The Hall–Kier alpha value is -2.77. The Kier molecular flexibility index (Phi) is 4.63. The van der Waals surface area contributed by atoms with E-state index in [0.717, 1.165) is 16.5 Å². The van der Waals surface area contributed by atoms with E-state index in [2.05, 4.69) is 15.5 Å². The van der Waals surface area contributed by atoms with Crippen molar-refractivity contribution in [2.75, 3.05) is 0 Å². The molecule has 140 valence electrons. The number of nitrogens with one attached hydrogen (secondary N) is 1. The van der Waals surface area contributed by atoms with Crippen molar-refractivity contribution >= 4 is 16.8 Å². The van der Waals surface area contributed by atoms with E-state index in [0.29, 0.717) is 24.2 Å². The van der Waals surface area contributed by atoms with Gasteiger partial charge in [-0.25, -0.2) is 0 Å². The predicted molar refractivity (Wildman–Crippen MR) is 97.8 cm³/mol. The van der Waals surface area contributed by atoms with Crippen LogP contribution in [0.4, 0.5) is 0 Å². The maximum atomic E-state index is 12.8. The van der Waals surface area contributed by atoms with Gasteiger partial charge < -0.3 is 20.1 Å². The Balaban J connectivity index is 1.65. The predicted octanol–water partition coefficient (Wildman–Crippen LogP) is 2.27. The summed E-state index contributed by atoms with van der Waals surface area (Å²) in [5.74, 6) is 0.124. The summed E-state index contributed by atoms with van der Waals surface area (Å²) in [5, 5.41) is 27.0. The summed E-state index contributed by atoms with van der Waals surface area (Å²) in [6.07, 6.45) is 2.65. The highest BCUT2D eigenvalue weighted by Crippen LogP contribution is 2.38. The van der Waals surface area contributed by atoms with Crippen molar-refractivity contribution in [3.05, 3.63) is 59.1 Å². The molecule has 3 aromatic rings. The number of amides is 1. The lowest BCUT2D eigenvalue weighted by Crippen LogP contribution is -2.41. The van der Waals surface area contributed by atoms with Crippen LogP contribution in [0.5, 0.6) is 0 Å². The van der Waals surface area contributed by atoms with Crippen LogP contribution < -0.4 is 5.32 Å². The molecule has 0 spiro atoms. The van der Waals surface area contributed by atoms with Crippen LogP contribution in [0.2, 0.25) is 0 Å². The lowest BCUT2D eigenvalue weighted by molar-refractivity contribution is 0.0234. The molecule has 1 aromatic carbocycles. The molecule has 1 aliphatic carbocycles. The number of carbonyl (C=O) groups excluding carboxylic acids is 1. The van der Waals surface area contributed by atoms with E-state index in [1.165, 1.54) is 0 Å². The van der Waals surface area contributed by atoms with Gasteiger partial charge in [0.1, 0.15) is 5.76 Å².